The van der Waals surface area contributed by atoms with Gasteiger partial charge in [0.05, 0.1) is 6.04 Å². The van der Waals surface area contributed by atoms with Gasteiger partial charge in [0.2, 0.25) is 5.91 Å². The molecular weight excluding hydrogens is 276 g/mol. The van der Waals surface area contributed by atoms with Crippen LogP contribution in [0.5, 0.6) is 0 Å². The molecule has 2 aliphatic heterocycles. The van der Waals surface area contributed by atoms with Crippen LogP contribution in [0.1, 0.15) is 59.3 Å². The lowest BCUT2D eigenvalue weighted by atomic mass is 9.98. The molecule has 4 nitrogen and oxygen atoms in total. The smallest absolute Gasteiger partial charge is 0.239 e. The van der Waals surface area contributed by atoms with Crippen molar-refractivity contribution < 1.29 is 9.53 Å². The Morgan fingerprint density at radius 3 is 2.55 bits per heavy atom. The molecule has 2 atom stereocenters. The third kappa shape index (κ3) is 4.95. The zero-order valence-corrected chi connectivity index (χ0v) is 14.6. The zero-order valence-electron chi connectivity index (χ0n) is 14.6. The van der Waals surface area contributed by atoms with Crippen LogP contribution in [0.4, 0.5) is 0 Å². The number of carbonyl (C=O) groups excluding carboxylic acids is 1. The van der Waals surface area contributed by atoms with E-state index < -0.39 is 0 Å². The van der Waals surface area contributed by atoms with Crippen molar-refractivity contribution in [3.8, 4) is 0 Å². The normalized spacial score (nSPS) is 26.0. The molecule has 2 aliphatic rings. The monoisotopic (exact) mass is 310 g/mol. The van der Waals surface area contributed by atoms with Gasteiger partial charge in [0.1, 0.15) is 0 Å². The molecule has 4 heteroatoms. The zero-order chi connectivity index (χ0) is 15.9. The average molecular weight is 310 g/mol. The molecule has 22 heavy (non-hydrogen) atoms. The Labute approximate surface area is 136 Å². The Balaban J connectivity index is 1.93. The summed E-state index contributed by atoms with van der Waals surface area (Å²) in [7, 11) is 0. The summed E-state index contributed by atoms with van der Waals surface area (Å²) in [6.45, 7) is 10.1. The van der Waals surface area contributed by atoms with Crippen LogP contribution < -0.4 is 5.32 Å². The third-order valence-corrected chi connectivity index (χ3v) is 5.31. The molecule has 0 unspecified atom stereocenters. The first-order valence-corrected chi connectivity index (χ1v) is 9.24. The number of amides is 1. The first-order valence-electron chi connectivity index (χ1n) is 9.24. The molecule has 2 rings (SSSR count). The van der Waals surface area contributed by atoms with E-state index in [1.807, 2.05) is 0 Å². The van der Waals surface area contributed by atoms with Crippen LogP contribution in [0.15, 0.2) is 0 Å². The van der Waals surface area contributed by atoms with E-state index in [1.165, 1.54) is 19.3 Å². The summed E-state index contributed by atoms with van der Waals surface area (Å²) in [5.41, 5.74) is 0. The molecule has 0 spiro atoms. The van der Waals surface area contributed by atoms with Gasteiger partial charge in [-0.2, -0.15) is 0 Å². The Morgan fingerprint density at radius 1 is 1.18 bits per heavy atom. The maximum absolute atomic E-state index is 13.0. The molecular formula is C18H34N2O2. The lowest BCUT2D eigenvalue weighted by Crippen LogP contribution is -2.53. The minimum absolute atomic E-state index is 0.0405. The number of likely N-dealkylation sites (tertiary alicyclic amines) is 1. The largest absolute Gasteiger partial charge is 0.381 e. The summed E-state index contributed by atoms with van der Waals surface area (Å²) in [4.78, 5) is 15.1. The second kappa shape index (κ2) is 8.88. The van der Waals surface area contributed by atoms with Crippen LogP contribution in [-0.2, 0) is 9.53 Å². The van der Waals surface area contributed by atoms with E-state index in [1.54, 1.807) is 0 Å². The number of nitrogens with zero attached hydrogens (tertiary/aromatic N) is 1. The van der Waals surface area contributed by atoms with Gasteiger partial charge < -0.3 is 15.0 Å². The van der Waals surface area contributed by atoms with E-state index >= 15 is 0 Å². The minimum Gasteiger partial charge on any atom is -0.381 e. The SMILES string of the molecule is CC[C@@H]1CCCN(C(=O)[C@@H](NC2CCOCC2)C(C)C)CC1. The number of hydrogen-bond donors (Lipinski definition) is 1. The van der Waals surface area contributed by atoms with Gasteiger partial charge in [0, 0.05) is 32.3 Å². The maximum Gasteiger partial charge on any atom is 0.239 e. The lowest BCUT2D eigenvalue weighted by Gasteiger charge is -2.33. The van der Waals surface area contributed by atoms with Crippen molar-refractivity contribution in [2.24, 2.45) is 11.8 Å². The summed E-state index contributed by atoms with van der Waals surface area (Å²) < 4.78 is 5.42. The maximum atomic E-state index is 13.0. The van der Waals surface area contributed by atoms with Crippen molar-refractivity contribution in [1.29, 1.82) is 0 Å². The van der Waals surface area contributed by atoms with Crippen molar-refractivity contribution in [3.05, 3.63) is 0 Å². The van der Waals surface area contributed by atoms with Gasteiger partial charge in [-0.1, -0.05) is 27.2 Å². The Hall–Kier alpha value is -0.610. The van der Waals surface area contributed by atoms with E-state index in [0.29, 0.717) is 17.9 Å². The van der Waals surface area contributed by atoms with Crippen molar-refractivity contribution in [2.75, 3.05) is 26.3 Å². The van der Waals surface area contributed by atoms with Gasteiger partial charge in [0.25, 0.3) is 0 Å². The van der Waals surface area contributed by atoms with Crippen LogP contribution in [0.25, 0.3) is 0 Å². The molecule has 0 aliphatic carbocycles. The summed E-state index contributed by atoms with van der Waals surface area (Å²) in [5.74, 6) is 1.46. The highest BCUT2D eigenvalue weighted by Crippen LogP contribution is 2.22. The van der Waals surface area contributed by atoms with Crippen molar-refractivity contribution >= 4 is 5.91 Å². The average Bonchev–Trinajstić information content (AvgIpc) is 2.78. The van der Waals surface area contributed by atoms with Crippen LogP contribution in [0.3, 0.4) is 0 Å². The fourth-order valence-electron chi connectivity index (χ4n) is 3.66. The first kappa shape index (κ1) is 17.7. The highest BCUT2D eigenvalue weighted by atomic mass is 16.5. The molecule has 1 N–H and O–H groups in total. The number of rotatable bonds is 5. The van der Waals surface area contributed by atoms with Crippen LogP contribution >= 0.6 is 0 Å². The predicted molar refractivity (Wildman–Crippen MR) is 89.8 cm³/mol. The second-order valence-corrected chi connectivity index (χ2v) is 7.31. The summed E-state index contributed by atoms with van der Waals surface area (Å²) in [6.07, 6.45) is 6.90. The minimum atomic E-state index is -0.0405. The Bertz CT molecular complexity index is 340. The second-order valence-electron chi connectivity index (χ2n) is 7.31. The molecule has 2 saturated heterocycles. The van der Waals surface area contributed by atoms with E-state index in [2.05, 4.69) is 31.0 Å². The van der Waals surface area contributed by atoms with Gasteiger partial charge >= 0.3 is 0 Å². The fourth-order valence-corrected chi connectivity index (χ4v) is 3.66. The summed E-state index contributed by atoms with van der Waals surface area (Å²) in [5, 5.41) is 3.63. The molecule has 2 fully saturated rings. The topological polar surface area (TPSA) is 41.6 Å². The van der Waals surface area contributed by atoms with Gasteiger partial charge in [-0.3, -0.25) is 4.79 Å². The molecule has 0 radical (unpaired) electrons. The van der Waals surface area contributed by atoms with Gasteiger partial charge in [0.15, 0.2) is 0 Å². The standard InChI is InChI=1S/C18H34N2O2/c1-4-15-6-5-10-20(11-7-15)18(21)17(14(2)3)19-16-8-12-22-13-9-16/h14-17,19H,4-13H2,1-3H3/t15-,17+/m1/s1. The molecule has 0 aromatic heterocycles. The molecule has 0 bridgehead atoms. The van der Waals surface area contributed by atoms with E-state index in [-0.39, 0.29) is 6.04 Å². The van der Waals surface area contributed by atoms with Crippen molar-refractivity contribution in [2.45, 2.75) is 71.4 Å². The molecule has 0 aromatic rings. The number of nitrogens with one attached hydrogen (secondary N) is 1. The fraction of sp³-hybridized carbons (Fsp3) is 0.944. The quantitative estimate of drug-likeness (QED) is 0.849. The lowest BCUT2D eigenvalue weighted by molar-refractivity contribution is -0.135. The summed E-state index contributed by atoms with van der Waals surface area (Å²) >= 11 is 0. The summed E-state index contributed by atoms with van der Waals surface area (Å²) in [6, 6.07) is 0.391. The Kier molecular flexibility index (Phi) is 7.16. The highest BCUT2D eigenvalue weighted by Gasteiger charge is 2.30. The van der Waals surface area contributed by atoms with Gasteiger partial charge in [-0.05, 0) is 43.9 Å². The first-order chi connectivity index (χ1) is 10.6. The molecule has 0 saturated carbocycles. The van der Waals surface area contributed by atoms with Gasteiger partial charge in [-0.15, -0.1) is 0 Å². The van der Waals surface area contributed by atoms with Crippen molar-refractivity contribution in [3.63, 3.8) is 0 Å². The van der Waals surface area contributed by atoms with Crippen LogP contribution in [-0.4, -0.2) is 49.2 Å². The molecule has 128 valence electrons. The Morgan fingerprint density at radius 2 is 1.91 bits per heavy atom. The van der Waals surface area contributed by atoms with Crippen LogP contribution in [0.2, 0.25) is 0 Å². The third-order valence-electron chi connectivity index (χ3n) is 5.31. The molecule has 0 aromatic carbocycles. The number of carbonyl (C=O) groups is 1. The van der Waals surface area contributed by atoms with E-state index in [4.69, 9.17) is 4.74 Å². The number of ether oxygens (including phenoxy) is 1. The predicted octanol–water partition coefficient (Wildman–Crippen LogP) is 2.82. The van der Waals surface area contributed by atoms with Gasteiger partial charge in [-0.25, -0.2) is 0 Å². The highest BCUT2D eigenvalue weighted by molar-refractivity contribution is 5.82. The molecule has 2 heterocycles. The van der Waals surface area contributed by atoms with Crippen LogP contribution in [0, 0.1) is 11.8 Å². The molecule has 1 amide bonds. The van der Waals surface area contributed by atoms with Crippen molar-refractivity contribution in [1.82, 2.24) is 10.2 Å². The number of hydrogen-bond acceptors (Lipinski definition) is 3. The van der Waals surface area contributed by atoms with E-state index in [0.717, 1.165) is 51.5 Å². The van der Waals surface area contributed by atoms with E-state index in [9.17, 15) is 4.79 Å².